The van der Waals surface area contributed by atoms with E-state index in [4.69, 9.17) is 9.84 Å². The molecule has 0 bridgehead atoms. The normalized spacial score (nSPS) is 10.0. The molecule has 0 saturated carbocycles. The van der Waals surface area contributed by atoms with Gasteiger partial charge in [0.1, 0.15) is 5.75 Å². The summed E-state index contributed by atoms with van der Waals surface area (Å²) in [7, 11) is 0. The molecule has 0 aliphatic carbocycles. The number of ether oxygens (including phenoxy) is 1. The molecule has 0 saturated heterocycles. The van der Waals surface area contributed by atoms with Crippen LogP contribution >= 0.6 is 15.9 Å². The summed E-state index contributed by atoms with van der Waals surface area (Å²) >= 11 is 3.38. The molecule has 0 aliphatic heterocycles. The van der Waals surface area contributed by atoms with Crippen molar-refractivity contribution in [1.82, 2.24) is 5.32 Å². The first-order valence-corrected chi connectivity index (χ1v) is 6.72. The Morgan fingerprint density at radius 2 is 2.16 bits per heavy atom. The van der Waals surface area contributed by atoms with E-state index in [2.05, 4.69) is 28.2 Å². The SMILES string of the molecule is CCc1ccc(OCC(=O)NCCC(=O)O)c(Br)c1. The van der Waals surface area contributed by atoms with Gasteiger partial charge in [0.15, 0.2) is 6.61 Å². The zero-order valence-electron chi connectivity index (χ0n) is 10.6. The fraction of sp³-hybridized carbons (Fsp3) is 0.385. The average Bonchev–Trinajstić information content (AvgIpc) is 2.36. The van der Waals surface area contributed by atoms with Gasteiger partial charge in [-0.1, -0.05) is 13.0 Å². The maximum absolute atomic E-state index is 11.4. The second-order valence-corrected chi connectivity index (χ2v) is 4.76. The molecule has 6 heteroatoms. The maximum Gasteiger partial charge on any atom is 0.305 e. The minimum Gasteiger partial charge on any atom is -0.483 e. The number of carboxylic acids is 1. The number of carbonyl (C=O) groups is 2. The van der Waals surface area contributed by atoms with Crippen molar-refractivity contribution in [3.05, 3.63) is 28.2 Å². The second-order valence-electron chi connectivity index (χ2n) is 3.90. The van der Waals surface area contributed by atoms with Crippen molar-refractivity contribution in [2.75, 3.05) is 13.2 Å². The van der Waals surface area contributed by atoms with Crippen LogP contribution in [-0.4, -0.2) is 30.1 Å². The Morgan fingerprint density at radius 1 is 1.42 bits per heavy atom. The third-order valence-corrected chi connectivity index (χ3v) is 3.04. The zero-order chi connectivity index (χ0) is 14.3. The van der Waals surface area contributed by atoms with E-state index in [1.807, 2.05) is 12.1 Å². The molecule has 0 spiro atoms. The highest BCUT2D eigenvalue weighted by Gasteiger charge is 2.06. The molecule has 1 rings (SSSR count). The van der Waals surface area contributed by atoms with Crippen molar-refractivity contribution in [2.24, 2.45) is 0 Å². The Kier molecular flexibility index (Phi) is 6.35. The van der Waals surface area contributed by atoms with Crippen LogP contribution in [0, 0.1) is 0 Å². The fourth-order valence-corrected chi connectivity index (χ4v) is 1.93. The molecule has 19 heavy (non-hydrogen) atoms. The lowest BCUT2D eigenvalue weighted by atomic mass is 10.2. The standard InChI is InChI=1S/C13H16BrNO4/c1-2-9-3-4-11(10(14)7-9)19-8-12(16)15-6-5-13(17)18/h3-4,7H,2,5-6,8H2,1H3,(H,15,16)(H,17,18). The second kappa shape index (κ2) is 7.78. The van der Waals surface area contributed by atoms with E-state index in [-0.39, 0.29) is 25.5 Å². The molecule has 0 unspecified atom stereocenters. The number of nitrogens with one attached hydrogen (secondary N) is 1. The zero-order valence-corrected chi connectivity index (χ0v) is 12.2. The molecule has 1 aromatic rings. The lowest BCUT2D eigenvalue weighted by molar-refractivity contribution is -0.137. The minimum atomic E-state index is -0.945. The molecular formula is C13H16BrNO4. The van der Waals surface area contributed by atoms with Crippen LogP contribution in [0.5, 0.6) is 5.75 Å². The number of amides is 1. The number of carboxylic acid groups (broad SMARTS) is 1. The van der Waals surface area contributed by atoms with Crippen molar-refractivity contribution in [3.8, 4) is 5.75 Å². The largest absolute Gasteiger partial charge is 0.483 e. The van der Waals surface area contributed by atoms with Crippen LogP contribution in [0.1, 0.15) is 18.9 Å². The van der Waals surface area contributed by atoms with E-state index >= 15 is 0 Å². The summed E-state index contributed by atoms with van der Waals surface area (Å²) in [6, 6.07) is 5.67. The van der Waals surface area contributed by atoms with Crippen LogP contribution in [0.3, 0.4) is 0 Å². The lowest BCUT2D eigenvalue weighted by Crippen LogP contribution is -2.30. The average molecular weight is 330 g/mol. The van der Waals surface area contributed by atoms with Crippen LogP contribution in [0.15, 0.2) is 22.7 Å². The molecule has 0 heterocycles. The first kappa shape index (κ1) is 15.5. The van der Waals surface area contributed by atoms with Crippen molar-refractivity contribution in [3.63, 3.8) is 0 Å². The molecule has 5 nitrogen and oxygen atoms in total. The van der Waals surface area contributed by atoms with Gasteiger partial charge in [0, 0.05) is 6.54 Å². The van der Waals surface area contributed by atoms with Gasteiger partial charge in [0.05, 0.1) is 10.9 Å². The minimum absolute atomic E-state index is 0.0966. The van der Waals surface area contributed by atoms with Gasteiger partial charge in [-0.05, 0) is 40.0 Å². The number of aliphatic carboxylic acids is 1. The number of carbonyl (C=O) groups excluding carboxylic acids is 1. The van der Waals surface area contributed by atoms with E-state index in [0.717, 1.165) is 10.9 Å². The van der Waals surface area contributed by atoms with E-state index in [1.54, 1.807) is 6.07 Å². The highest BCUT2D eigenvalue weighted by atomic mass is 79.9. The number of rotatable bonds is 7. The summed E-state index contributed by atoms with van der Waals surface area (Å²) < 4.78 is 6.15. The molecule has 0 atom stereocenters. The van der Waals surface area contributed by atoms with E-state index in [1.165, 1.54) is 5.56 Å². The topological polar surface area (TPSA) is 75.6 Å². The lowest BCUT2D eigenvalue weighted by Gasteiger charge is -2.09. The number of hydrogen-bond acceptors (Lipinski definition) is 3. The first-order valence-electron chi connectivity index (χ1n) is 5.92. The van der Waals surface area contributed by atoms with Crippen molar-refractivity contribution < 1.29 is 19.4 Å². The van der Waals surface area contributed by atoms with Gasteiger partial charge in [-0.25, -0.2) is 0 Å². The van der Waals surface area contributed by atoms with Crippen molar-refractivity contribution in [2.45, 2.75) is 19.8 Å². The molecule has 0 fully saturated rings. The van der Waals surface area contributed by atoms with Crippen LogP contribution in [0.4, 0.5) is 0 Å². The Hall–Kier alpha value is -1.56. The summed E-state index contributed by atoms with van der Waals surface area (Å²) in [5, 5.41) is 10.9. The fourth-order valence-electron chi connectivity index (χ4n) is 1.38. The molecule has 0 aromatic heterocycles. The Bertz CT molecular complexity index is 462. The van der Waals surface area contributed by atoms with Gasteiger partial charge in [-0.2, -0.15) is 0 Å². The van der Waals surface area contributed by atoms with Crippen molar-refractivity contribution >= 4 is 27.8 Å². The molecule has 1 aromatic carbocycles. The van der Waals surface area contributed by atoms with Gasteiger partial charge in [0.2, 0.25) is 0 Å². The van der Waals surface area contributed by atoms with Crippen LogP contribution in [-0.2, 0) is 16.0 Å². The van der Waals surface area contributed by atoms with E-state index in [0.29, 0.717) is 5.75 Å². The smallest absolute Gasteiger partial charge is 0.305 e. The van der Waals surface area contributed by atoms with Gasteiger partial charge in [-0.3, -0.25) is 9.59 Å². The van der Waals surface area contributed by atoms with Crippen molar-refractivity contribution in [1.29, 1.82) is 0 Å². The summed E-state index contributed by atoms with van der Waals surface area (Å²) in [6.07, 6.45) is 0.829. The summed E-state index contributed by atoms with van der Waals surface area (Å²) in [5.41, 5.74) is 1.17. The number of hydrogen-bond donors (Lipinski definition) is 2. The molecule has 2 N–H and O–H groups in total. The van der Waals surface area contributed by atoms with Crippen LogP contribution < -0.4 is 10.1 Å². The first-order chi connectivity index (χ1) is 9.02. The molecule has 0 aliphatic rings. The number of benzene rings is 1. The number of halogens is 1. The van der Waals surface area contributed by atoms with Gasteiger partial charge in [0.25, 0.3) is 5.91 Å². The summed E-state index contributed by atoms with van der Waals surface area (Å²) in [4.78, 5) is 21.7. The highest BCUT2D eigenvalue weighted by Crippen LogP contribution is 2.26. The molecule has 0 radical (unpaired) electrons. The Morgan fingerprint density at radius 3 is 2.74 bits per heavy atom. The summed E-state index contributed by atoms with van der Waals surface area (Å²) in [6.45, 7) is 2.02. The van der Waals surface area contributed by atoms with Gasteiger partial charge in [-0.15, -0.1) is 0 Å². The third-order valence-electron chi connectivity index (χ3n) is 2.42. The van der Waals surface area contributed by atoms with Crippen LogP contribution in [0.2, 0.25) is 0 Å². The third kappa shape index (κ3) is 5.74. The van der Waals surface area contributed by atoms with Gasteiger partial charge >= 0.3 is 5.97 Å². The Labute approximate surface area is 120 Å². The number of aryl methyl sites for hydroxylation is 1. The predicted octanol–water partition coefficient (Wildman–Crippen LogP) is 1.98. The molecule has 1 amide bonds. The quantitative estimate of drug-likeness (QED) is 0.802. The maximum atomic E-state index is 11.4. The monoisotopic (exact) mass is 329 g/mol. The predicted molar refractivity (Wildman–Crippen MR) is 74.3 cm³/mol. The van der Waals surface area contributed by atoms with E-state index < -0.39 is 5.97 Å². The highest BCUT2D eigenvalue weighted by molar-refractivity contribution is 9.10. The van der Waals surface area contributed by atoms with Crippen LogP contribution in [0.25, 0.3) is 0 Å². The van der Waals surface area contributed by atoms with Gasteiger partial charge < -0.3 is 15.2 Å². The molecular weight excluding hydrogens is 314 g/mol. The molecule has 104 valence electrons. The Balaban J connectivity index is 2.39. The summed E-state index contributed by atoms with van der Waals surface area (Å²) in [5.74, 6) is -0.697. The van der Waals surface area contributed by atoms with E-state index in [9.17, 15) is 9.59 Å².